The summed E-state index contributed by atoms with van der Waals surface area (Å²) in [5, 5.41) is 4.20. The summed E-state index contributed by atoms with van der Waals surface area (Å²) in [6.07, 6.45) is 5.31. The lowest BCUT2D eigenvalue weighted by Crippen LogP contribution is -2.31. The van der Waals surface area contributed by atoms with Gasteiger partial charge in [0.15, 0.2) is 0 Å². The van der Waals surface area contributed by atoms with E-state index in [0.717, 1.165) is 5.56 Å². The highest BCUT2D eigenvalue weighted by atomic mass is 16.2. The number of carbonyl (C=O) groups is 1. The zero-order valence-corrected chi connectivity index (χ0v) is 13.5. The molecule has 120 valence electrons. The van der Waals surface area contributed by atoms with Gasteiger partial charge in [-0.3, -0.25) is 4.79 Å². The summed E-state index contributed by atoms with van der Waals surface area (Å²) in [5.74, 6) is 1.14. The van der Waals surface area contributed by atoms with Crippen molar-refractivity contribution in [3.05, 3.63) is 71.8 Å². The molecule has 2 aromatic rings. The number of rotatable bonds is 4. The van der Waals surface area contributed by atoms with Crippen LogP contribution in [-0.2, 0) is 10.2 Å². The Labute approximate surface area is 141 Å². The molecule has 0 aromatic heterocycles. The largest absolute Gasteiger partial charge is 0.272 e. The van der Waals surface area contributed by atoms with Gasteiger partial charge in [0.1, 0.15) is 0 Å². The van der Waals surface area contributed by atoms with Gasteiger partial charge < -0.3 is 0 Å². The third kappa shape index (κ3) is 1.52. The minimum absolute atomic E-state index is 0.110. The van der Waals surface area contributed by atoms with Crippen LogP contribution in [0.5, 0.6) is 0 Å². The van der Waals surface area contributed by atoms with Crippen LogP contribution >= 0.6 is 0 Å². The molecular formula is C21H20N2O. The van der Waals surface area contributed by atoms with Crippen LogP contribution in [-0.4, -0.2) is 12.1 Å². The van der Waals surface area contributed by atoms with Crippen molar-refractivity contribution in [2.75, 3.05) is 0 Å². The van der Waals surface area contributed by atoms with Gasteiger partial charge in [-0.25, -0.2) is 5.43 Å². The molecule has 0 bridgehead atoms. The second kappa shape index (κ2) is 4.79. The van der Waals surface area contributed by atoms with Crippen molar-refractivity contribution in [3.8, 4) is 0 Å². The van der Waals surface area contributed by atoms with E-state index in [4.69, 9.17) is 0 Å². The number of nitrogens with one attached hydrogen (secondary N) is 1. The fourth-order valence-corrected chi connectivity index (χ4v) is 5.69. The Bertz CT molecular complexity index is 800. The second-order valence-corrected chi connectivity index (χ2v) is 7.25. The van der Waals surface area contributed by atoms with E-state index in [9.17, 15) is 4.79 Å². The van der Waals surface area contributed by atoms with Gasteiger partial charge in [-0.15, -0.1) is 0 Å². The molecule has 3 fully saturated rings. The molecule has 5 rings (SSSR count). The van der Waals surface area contributed by atoms with Gasteiger partial charge in [0.25, 0.3) is 0 Å². The maximum atomic E-state index is 12.9. The highest BCUT2D eigenvalue weighted by Crippen LogP contribution is 2.97. The Morgan fingerprint density at radius 1 is 1.00 bits per heavy atom. The summed E-state index contributed by atoms with van der Waals surface area (Å²) < 4.78 is 0. The Morgan fingerprint density at radius 2 is 1.62 bits per heavy atom. The van der Waals surface area contributed by atoms with Gasteiger partial charge in [0.05, 0.1) is 11.6 Å². The maximum absolute atomic E-state index is 12.9. The molecule has 3 heteroatoms. The SMILES string of the molecule is O=C(N/N=C\c1ccccc1)C12C3CCCC1C32c1ccccc1. The van der Waals surface area contributed by atoms with Crippen molar-refractivity contribution in [1.82, 2.24) is 5.43 Å². The summed E-state index contributed by atoms with van der Waals surface area (Å²) in [4.78, 5) is 12.9. The highest BCUT2D eigenvalue weighted by Gasteiger charge is 3.01. The Hall–Kier alpha value is -2.42. The molecule has 2 unspecified atom stereocenters. The molecule has 3 nitrogen and oxygen atoms in total. The molecule has 0 saturated heterocycles. The van der Waals surface area contributed by atoms with Gasteiger partial charge in [-0.2, -0.15) is 5.10 Å². The van der Waals surface area contributed by atoms with E-state index in [0.29, 0.717) is 11.8 Å². The number of fused-ring (bicyclic) bond motifs is 2. The van der Waals surface area contributed by atoms with Crippen molar-refractivity contribution in [2.45, 2.75) is 24.7 Å². The third-order valence-electron chi connectivity index (χ3n) is 6.51. The summed E-state index contributed by atoms with van der Waals surface area (Å²) in [6, 6.07) is 20.5. The normalized spacial score (nSPS) is 35.3. The summed E-state index contributed by atoms with van der Waals surface area (Å²) >= 11 is 0. The van der Waals surface area contributed by atoms with Crippen LogP contribution in [0.1, 0.15) is 30.4 Å². The van der Waals surface area contributed by atoms with Crippen LogP contribution in [0.2, 0.25) is 0 Å². The van der Waals surface area contributed by atoms with Gasteiger partial charge in [0.2, 0.25) is 5.91 Å². The van der Waals surface area contributed by atoms with E-state index in [1.807, 2.05) is 36.4 Å². The minimum Gasteiger partial charge on any atom is -0.272 e. The van der Waals surface area contributed by atoms with Crippen molar-refractivity contribution >= 4 is 12.1 Å². The van der Waals surface area contributed by atoms with Crippen LogP contribution in [0.4, 0.5) is 0 Å². The summed E-state index contributed by atoms with van der Waals surface area (Å²) in [7, 11) is 0. The minimum atomic E-state index is -0.180. The van der Waals surface area contributed by atoms with Crippen LogP contribution in [0, 0.1) is 17.3 Å². The Kier molecular flexibility index (Phi) is 2.79. The molecule has 1 amide bonds. The second-order valence-electron chi connectivity index (χ2n) is 7.25. The molecule has 2 aromatic carbocycles. The van der Waals surface area contributed by atoms with Gasteiger partial charge in [0, 0.05) is 5.41 Å². The van der Waals surface area contributed by atoms with Crippen LogP contribution in [0.15, 0.2) is 65.8 Å². The van der Waals surface area contributed by atoms with E-state index in [1.165, 1.54) is 24.8 Å². The molecule has 3 saturated carbocycles. The first-order valence-electron chi connectivity index (χ1n) is 8.77. The first kappa shape index (κ1) is 14.0. The lowest BCUT2D eigenvalue weighted by molar-refractivity contribution is -0.126. The molecular weight excluding hydrogens is 296 g/mol. The van der Waals surface area contributed by atoms with Crippen LogP contribution in [0.25, 0.3) is 0 Å². The van der Waals surface area contributed by atoms with Crippen molar-refractivity contribution in [3.63, 3.8) is 0 Å². The quantitative estimate of drug-likeness (QED) is 0.681. The smallest absolute Gasteiger partial charge is 0.247 e. The highest BCUT2D eigenvalue weighted by molar-refractivity contribution is 5.97. The van der Waals surface area contributed by atoms with Crippen LogP contribution in [0.3, 0.4) is 0 Å². The third-order valence-corrected chi connectivity index (χ3v) is 6.51. The van der Waals surface area contributed by atoms with E-state index in [2.05, 4.69) is 34.8 Å². The number of hydrogen-bond donors (Lipinski definition) is 1. The van der Waals surface area contributed by atoms with Gasteiger partial charge in [-0.05, 0) is 35.8 Å². The first-order valence-corrected chi connectivity index (χ1v) is 8.77. The topological polar surface area (TPSA) is 41.5 Å². The number of hydrogen-bond acceptors (Lipinski definition) is 2. The summed E-state index contributed by atoms with van der Waals surface area (Å²) in [6.45, 7) is 0. The fourth-order valence-electron chi connectivity index (χ4n) is 5.69. The predicted molar refractivity (Wildman–Crippen MR) is 93.6 cm³/mol. The van der Waals surface area contributed by atoms with Crippen molar-refractivity contribution < 1.29 is 4.79 Å². The molecule has 24 heavy (non-hydrogen) atoms. The average Bonchev–Trinajstić information content (AvgIpc) is 3.50. The number of benzene rings is 2. The molecule has 0 aliphatic heterocycles. The van der Waals surface area contributed by atoms with E-state index in [1.54, 1.807) is 6.21 Å². The molecule has 0 heterocycles. The Morgan fingerprint density at radius 3 is 2.29 bits per heavy atom. The summed E-state index contributed by atoms with van der Waals surface area (Å²) in [5.41, 5.74) is 5.10. The first-order chi connectivity index (χ1) is 11.8. The van der Waals surface area contributed by atoms with Crippen LogP contribution < -0.4 is 5.43 Å². The number of nitrogens with zero attached hydrogens (tertiary/aromatic N) is 1. The zero-order valence-electron chi connectivity index (χ0n) is 13.5. The lowest BCUT2D eigenvalue weighted by atomic mass is 9.77. The lowest BCUT2D eigenvalue weighted by Gasteiger charge is -2.27. The number of carbonyl (C=O) groups excluding carboxylic acids is 1. The zero-order chi connectivity index (χ0) is 16.2. The Balaban J connectivity index is 1.38. The fraction of sp³-hybridized carbons (Fsp3) is 0.333. The molecule has 0 spiro atoms. The standard InChI is InChI=1S/C21H20N2O/c24-19(23-22-14-15-8-3-1-4-9-15)21-17-12-7-13-18(21)20(17,21)16-10-5-2-6-11-16/h1-6,8-11,14,17-18H,7,12-13H2,(H,23,24)/b22-14-. The molecule has 3 aliphatic rings. The van der Waals surface area contributed by atoms with E-state index < -0.39 is 0 Å². The molecule has 1 N–H and O–H groups in total. The van der Waals surface area contributed by atoms with Crippen molar-refractivity contribution in [1.29, 1.82) is 0 Å². The maximum Gasteiger partial charge on any atom is 0.247 e. The molecule has 2 atom stereocenters. The number of amides is 1. The molecule has 0 radical (unpaired) electrons. The number of hydrazone groups is 1. The van der Waals surface area contributed by atoms with E-state index in [-0.39, 0.29) is 16.7 Å². The predicted octanol–water partition coefficient (Wildman–Crippen LogP) is 3.50. The van der Waals surface area contributed by atoms with E-state index >= 15 is 0 Å². The molecule has 3 aliphatic carbocycles. The van der Waals surface area contributed by atoms with Gasteiger partial charge >= 0.3 is 0 Å². The van der Waals surface area contributed by atoms with Gasteiger partial charge in [-0.1, -0.05) is 67.1 Å². The van der Waals surface area contributed by atoms with Crippen molar-refractivity contribution in [2.24, 2.45) is 22.4 Å². The average molecular weight is 316 g/mol. The monoisotopic (exact) mass is 316 g/mol.